The quantitative estimate of drug-likeness (QED) is 0.841. The summed E-state index contributed by atoms with van der Waals surface area (Å²) >= 11 is 0. The smallest absolute Gasteiger partial charge is 0.251 e. The molecule has 5 nitrogen and oxygen atoms in total. The zero-order valence-electron chi connectivity index (χ0n) is 11.1. The number of fused-ring (bicyclic) bond motifs is 1. The topological polar surface area (TPSA) is 73.6 Å². The van der Waals surface area contributed by atoms with Gasteiger partial charge in [-0.2, -0.15) is 0 Å². The lowest BCUT2D eigenvalue weighted by molar-refractivity contribution is 0.0949. The van der Waals surface area contributed by atoms with Crippen molar-refractivity contribution in [2.45, 2.75) is 25.8 Å². The van der Waals surface area contributed by atoms with Crippen LogP contribution < -0.4 is 20.5 Å². The molecule has 0 spiro atoms. The monoisotopic (exact) mass is 264 g/mol. The lowest BCUT2D eigenvalue weighted by Crippen LogP contribution is -2.37. The van der Waals surface area contributed by atoms with E-state index in [0.717, 1.165) is 12.8 Å². The molecule has 5 heteroatoms. The maximum Gasteiger partial charge on any atom is 0.251 e. The minimum Gasteiger partial charge on any atom is -0.486 e. The fourth-order valence-corrected chi connectivity index (χ4v) is 1.98. The van der Waals surface area contributed by atoms with Crippen LogP contribution in [-0.2, 0) is 0 Å². The van der Waals surface area contributed by atoms with Crippen molar-refractivity contribution in [3.8, 4) is 11.5 Å². The number of amides is 1. The molecule has 0 radical (unpaired) electrons. The highest BCUT2D eigenvalue weighted by Crippen LogP contribution is 2.30. The Morgan fingerprint density at radius 1 is 1.37 bits per heavy atom. The number of carbonyl (C=O) groups is 1. The summed E-state index contributed by atoms with van der Waals surface area (Å²) in [5.41, 5.74) is 6.42. The van der Waals surface area contributed by atoms with Crippen molar-refractivity contribution in [2.75, 3.05) is 19.8 Å². The first-order chi connectivity index (χ1) is 9.20. The maximum atomic E-state index is 12.0. The maximum absolute atomic E-state index is 12.0. The molecular weight excluding hydrogens is 244 g/mol. The van der Waals surface area contributed by atoms with Crippen molar-refractivity contribution in [1.82, 2.24) is 5.32 Å². The van der Waals surface area contributed by atoms with Crippen LogP contribution in [0, 0.1) is 0 Å². The van der Waals surface area contributed by atoms with Crippen LogP contribution in [-0.4, -0.2) is 31.7 Å². The molecule has 0 aromatic heterocycles. The molecule has 0 aliphatic carbocycles. The second-order valence-corrected chi connectivity index (χ2v) is 4.62. The van der Waals surface area contributed by atoms with Gasteiger partial charge >= 0.3 is 0 Å². The minimum absolute atomic E-state index is 0.00570. The summed E-state index contributed by atoms with van der Waals surface area (Å²) in [6.07, 6.45) is 1.92. The number of ether oxygens (including phenoxy) is 2. The van der Waals surface area contributed by atoms with Crippen molar-refractivity contribution in [2.24, 2.45) is 5.73 Å². The van der Waals surface area contributed by atoms with Gasteiger partial charge in [-0.3, -0.25) is 4.79 Å². The minimum atomic E-state index is -0.136. The van der Waals surface area contributed by atoms with E-state index >= 15 is 0 Å². The Bertz CT molecular complexity index is 448. The molecule has 1 amide bonds. The van der Waals surface area contributed by atoms with Crippen molar-refractivity contribution in [3.63, 3.8) is 0 Å². The number of nitrogens with one attached hydrogen (secondary N) is 1. The largest absolute Gasteiger partial charge is 0.486 e. The molecule has 1 aliphatic rings. The fraction of sp³-hybridized carbons (Fsp3) is 0.500. The average Bonchev–Trinajstić information content (AvgIpc) is 2.44. The van der Waals surface area contributed by atoms with Crippen LogP contribution in [0.4, 0.5) is 0 Å². The zero-order valence-corrected chi connectivity index (χ0v) is 11.1. The SMILES string of the molecule is CCCC(N)CNC(=O)c1ccc2c(c1)OCCO2. The normalized spacial score (nSPS) is 14.8. The molecule has 1 heterocycles. The molecule has 3 N–H and O–H groups in total. The van der Waals surface area contributed by atoms with E-state index in [9.17, 15) is 4.79 Å². The van der Waals surface area contributed by atoms with E-state index in [4.69, 9.17) is 15.2 Å². The van der Waals surface area contributed by atoms with E-state index in [2.05, 4.69) is 12.2 Å². The molecule has 1 unspecified atom stereocenters. The third-order valence-electron chi connectivity index (χ3n) is 2.99. The van der Waals surface area contributed by atoms with Crippen LogP contribution in [0.15, 0.2) is 18.2 Å². The third-order valence-corrected chi connectivity index (χ3v) is 2.99. The third kappa shape index (κ3) is 3.61. The lowest BCUT2D eigenvalue weighted by atomic mass is 10.1. The molecule has 1 aromatic carbocycles. The number of carbonyl (C=O) groups excluding carboxylic acids is 1. The van der Waals surface area contributed by atoms with Crippen molar-refractivity contribution < 1.29 is 14.3 Å². The molecule has 1 aromatic rings. The molecule has 19 heavy (non-hydrogen) atoms. The Kier molecular flexibility index (Phi) is 4.63. The van der Waals surface area contributed by atoms with E-state index in [1.54, 1.807) is 18.2 Å². The summed E-state index contributed by atoms with van der Waals surface area (Å²) in [6, 6.07) is 5.20. The number of rotatable bonds is 5. The lowest BCUT2D eigenvalue weighted by Gasteiger charge is -2.19. The molecule has 104 valence electrons. The molecule has 2 rings (SSSR count). The van der Waals surface area contributed by atoms with Gasteiger partial charge < -0.3 is 20.5 Å². The number of benzene rings is 1. The van der Waals surface area contributed by atoms with Crippen LogP contribution >= 0.6 is 0 Å². The highest BCUT2D eigenvalue weighted by atomic mass is 16.6. The Morgan fingerprint density at radius 2 is 2.11 bits per heavy atom. The average molecular weight is 264 g/mol. The summed E-state index contributed by atoms with van der Waals surface area (Å²) in [6.45, 7) is 3.62. The number of hydrogen-bond donors (Lipinski definition) is 2. The predicted molar refractivity (Wildman–Crippen MR) is 72.6 cm³/mol. The van der Waals surface area contributed by atoms with Crippen LogP contribution in [0.1, 0.15) is 30.1 Å². The standard InChI is InChI=1S/C14H20N2O3/c1-2-3-11(15)9-16-14(17)10-4-5-12-13(8-10)19-7-6-18-12/h4-5,8,11H,2-3,6-7,9,15H2,1H3,(H,16,17). The van der Waals surface area contributed by atoms with Gasteiger partial charge in [-0.05, 0) is 24.6 Å². The van der Waals surface area contributed by atoms with E-state index in [1.807, 2.05) is 0 Å². The Labute approximate surface area is 113 Å². The Morgan fingerprint density at radius 3 is 2.84 bits per heavy atom. The molecule has 0 bridgehead atoms. The van der Waals surface area contributed by atoms with Gasteiger partial charge in [-0.25, -0.2) is 0 Å². The van der Waals surface area contributed by atoms with Crippen LogP contribution in [0.25, 0.3) is 0 Å². The first-order valence-corrected chi connectivity index (χ1v) is 6.64. The molecule has 0 saturated heterocycles. The molecular formula is C14H20N2O3. The van der Waals surface area contributed by atoms with Gasteiger partial charge in [0.1, 0.15) is 13.2 Å². The Hall–Kier alpha value is -1.75. The van der Waals surface area contributed by atoms with Crippen molar-refractivity contribution in [3.05, 3.63) is 23.8 Å². The molecule has 0 fully saturated rings. The van der Waals surface area contributed by atoms with Crippen molar-refractivity contribution >= 4 is 5.91 Å². The van der Waals surface area contributed by atoms with Crippen molar-refractivity contribution in [1.29, 1.82) is 0 Å². The second kappa shape index (κ2) is 6.43. The molecule has 0 saturated carbocycles. The highest BCUT2D eigenvalue weighted by molar-refractivity contribution is 5.94. The van der Waals surface area contributed by atoms with E-state index in [0.29, 0.717) is 36.8 Å². The first kappa shape index (κ1) is 13.7. The second-order valence-electron chi connectivity index (χ2n) is 4.62. The van der Waals surface area contributed by atoms with Crippen LogP contribution in [0.5, 0.6) is 11.5 Å². The van der Waals surface area contributed by atoms with Gasteiger partial charge in [0, 0.05) is 18.2 Å². The first-order valence-electron chi connectivity index (χ1n) is 6.64. The van der Waals surface area contributed by atoms with Gasteiger partial charge in [0.05, 0.1) is 0 Å². The fourth-order valence-electron chi connectivity index (χ4n) is 1.98. The van der Waals surface area contributed by atoms with E-state index in [1.165, 1.54) is 0 Å². The van der Waals surface area contributed by atoms with Crippen LogP contribution in [0.3, 0.4) is 0 Å². The summed E-state index contributed by atoms with van der Waals surface area (Å²) in [7, 11) is 0. The van der Waals surface area contributed by atoms with Gasteiger partial charge in [0.2, 0.25) is 0 Å². The van der Waals surface area contributed by atoms with Gasteiger partial charge in [0.25, 0.3) is 5.91 Å². The van der Waals surface area contributed by atoms with E-state index in [-0.39, 0.29) is 11.9 Å². The summed E-state index contributed by atoms with van der Waals surface area (Å²) in [4.78, 5) is 12.0. The Balaban J connectivity index is 1.95. The molecule has 1 atom stereocenters. The van der Waals surface area contributed by atoms with E-state index < -0.39 is 0 Å². The summed E-state index contributed by atoms with van der Waals surface area (Å²) in [5, 5.41) is 2.83. The zero-order chi connectivity index (χ0) is 13.7. The summed E-state index contributed by atoms with van der Waals surface area (Å²) < 4.78 is 10.9. The van der Waals surface area contributed by atoms with Gasteiger partial charge in [-0.1, -0.05) is 13.3 Å². The number of hydrogen-bond acceptors (Lipinski definition) is 4. The van der Waals surface area contributed by atoms with Gasteiger partial charge in [-0.15, -0.1) is 0 Å². The predicted octanol–water partition coefficient (Wildman–Crippen LogP) is 1.31. The summed E-state index contributed by atoms with van der Waals surface area (Å²) in [5.74, 6) is 1.17. The van der Waals surface area contributed by atoms with Crippen LogP contribution in [0.2, 0.25) is 0 Å². The number of nitrogens with two attached hydrogens (primary N) is 1. The van der Waals surface area contributed by atoms with Gasteiger partial charge in [0.15, 0.2) is 11.5 Å². The highest BCUT2D eigenvalue weighted by Gasteiger charge is 2.15. The molecule has 1 aliphatic heterocycles.